The van der Waals surface area contributed by atoms with Crippen molar-refractivity contribution in [2.45, 2.75) is 32.6 Å². The van der Waals surface area contributed by atoms with E-state index in [1.165, 1.54) is 31.2 Å². The number of rotatable bonds is 3. The molecule has 0 spiro atoms. The Morgan fingerprint density at radius 2 is 2.07 bits per heavy atom. The molecule has 1 saturated carbocycles. The Morgan fingerprint density at radius 3 is 2.80 bits per heavy atom. The lowest BCUT2D eigenvalue weighted by atomic mass is 10.1. The van der Waals surface area contributed by atoms with E-state index in [1.54, 1.807) is 0 Å². The van der Waals surface area contributed by atoms with E-state index in [4.69, 9.17) is 11.6 Å². The van der Waals surface area contributed by atoms with Crippen LogP contribution in [0.5, 0.6) is 0 Å². The van der Waals surface area contributed by atoms with E-state index >= 15 is 0 Å². The fourth-order valence-corrected chi connectivity index (χ4v) is 2.43. The van der Waals surface area contributed by atoms with Crippen molar-refractivity contribution in [3.63, 3.8) is 0 Å². The van der Waals surface area contributed by atoms with Crippen molar-refractivity contribution in [3.8, 4) is 0 Å². The Morgan fingerprint density at radius 1 is 1.33 bits per heavy atom. The van der Waals surface area contributed by atoms with Gasteiger partial charge in [-0.15, -0.1) is 0 Å². The van der Waals surface area contributed by atoms with Gasteiger partial charge in [-0.05, 0) is 43.4 Å². The molecule has 1 aliphatic carbocycles. The summed E-state index contributed by atoms with van der Waals surface area (Å²) in [7, 11) is 0. The highest BCUT2D eigenvalue weighted by Gasteiger charge is 2.14. The molecule has 0 aromatic heterocycles. The maximum atomic E-state index is 6.12. The SMILES string of the molecule is Cc1ccc(Cl)c(NCC2CCCC2)c1. The van der Waals surface area contributed by atoms with Crippen LogP contribution in [-0.4, -0.2) is 6.54 Å². The van der Waals surface area contributed by atoms with Gasteiger partial charge in [-0.1, -0.05) is 30.5 Å². The Balaban J connectivity index is 1.94. The van der Waals surface area contributed by atoms with Crippen LogP contribution in [0.3, 0.4) is 0 Å². The summed E-state index contributed by atoms with van der Waals surface area (Å²) in [5.41, 5.74) is 2.34. The molecule has 0 heterocycles. The predicted octanol–water partition coefficient (Wildman–Crippen LogP) is 4.25. The zero-order chi connectivity index (χ0) is 10.7. The lowest BCUT2D eigenvalue weighted by molar-refractivity contribution is 0.580. The number of benzene rings is 1. The topological polar surface area (TPSA) is 12.0 Å². The molecular formula is C13H18ClN. The number of halogens is 1. The molecule has 0 radical (unpaired) electrons. The lowest BCUT2D eigenvalue weighted by Crippen LogP contribution is -2.11. The van der Waals surface area contributed by atoms with Gasteiger partial charge in [0.25, 0.3) is 0 Å². The largest absolute Gasteiger partial charge is 0.384 e. The molecule has 1 fully saturated rings. The minimum Gasteiger partial charge on any atom is -0.384 e. The quantitative estimate of drug-likeness (QED) is 0.808. The standard InChI is InChI=1S/C13H18ClN/c1-10-6-7-12(14)13(8-10)15-9-11-4-2-3-5-11/h6-8,11,15H,2-5,9H2,1H3. The molecule has 1 aliphatic rings. The zero-order valence-electron chi connectivity index (χ0n) is 9.22. The third-order valence-electron chi connectivity index (χ3n) is 3.18. The van der Waals surface area contributed by atoms with Crippen molar-refractivity contribution in [1.29, 1.82) is 0 Å². The molecule has 0 bridgehead atoms. The average Bonchev–Trinajstić information content (AvgIpc) is 2.72. The molecule has 0 saturated heterocycles. The Kier molecular flexibility index (Phi) is 3.53. The molecule has 0 atom stereocenters. The Hall–Kier alpha value is -0.690. The van der Waals surface area contributed by atoms with Gasteiger partial charge in [0.05, 0.1) is 10.7 Å². The van der Waals surface area contributed by atoms with Crippen LogP contribution in [0.15, 0.2) is 18.2 Å². The molecule has 0 aliphatic heterocycles. The van der Waals surface area contributed by atoms with Crippen molar-refractivity contribution in [1.82, 2.24) is 0 Å². The third-order valence-corrected chi connectivity index (χ3v) is 3.51. The minimum atomic E-state index is 0.832. The third kappa shape index (κ3) is 2.88. The van der Waals surface area contributed by atoms with Crippen LogP contribution in [0.4, 0.5) is 5.69 Å². The summed E-state index contributed by atoms with van der Waals surface area (Å²) < 4.78 is 0. The van der Waals surface area contributed by atoms with E-state index < -0.39 is 0 Å². The molecule has 0 amide bonds. The van der Waals surface area contributed by atoms with Gasteiger partial charge in [0.2, 0.25) is 0 Å². The number of hydrogen-bond acceptors (Lipinski definition) is 1. The molecule has 1 aromatic carbocycles. The molecule has 2 rings (SSSR count). The van der Waals surface area contributed by atoms with Crippen molar-refractivity contribution in [2.75, 3.05) is 11.9 Å². The first-order chi connectivity index (χ1) is 7.25. The van der Waals surface area contributed by atoms with Crippen LogP contribution < -0.4 is 5.32 Å². The highest BCUT2D eigenvalue weighted by atomic mass is 35.5. The maximum Gasteiger partial charge on any atom is 0.0637 e. The van der Waals surface area contributed by atoms with Crippen LogP contribution >= 0.6 is 11.6 Å². The number of aryl methyl sites for hydroxylation is 1. The number of hydrogen-bond donors (Lipinski definition) is 1. The van der Waals surface area contributed by atoms with Gasteiger partial charge in [-0.3, -0.25) is 0 Å². The van der Waals surface area contributed by atoms with Gasteiger partial charge in [0.1, 0.15) is 0 Å². The zero-order valence-corrected chi connectivity index (χ0v) is 9.98. The number of anilines is 1. The average molecular weight is 224 g/mol. The van der Waals surface area contributed by atoms with Gasteiger partial charge in [0, 0.05) is 6.54 Å². The monoisotopic (exact) mass is 223 g/mol. The van der Waals surface area contributed by atoms with Crippen molar-refractivity contribution in [2.24, 2.45) is 5.92 Å². The summed E-state index contributed by atoms with van der Waals surface area (Å²) in [6.45, 7) is 3.17. The first kappa shape index (κ1) is 10.8. The first-order valence-electron chi connectivity index (χ1n) is 5.76. The van der Waals surface area contributed by atoms with E-state index in [2.05, 4.69) is 18.3 Å². The predicted molar refractivity (Wildman–Crippen MR) is 66.6 cm³/mol. The van der Waals surface area contributed by atoms with Crippen LogP contribution in [0.1, 0.15) is 31.2 Å². The summed E-state index contributed by atoms with van der Waals surface area (Å²) in [5.74, 6) is 0.849. The lowest BCUT2D eigenvalue weighted by Gasteiger charge is -2.13. The van der Waals surface area contributed by atoms with E-state index in [0.717, 1.165) is 23.2 Å². The molecule has 1 N–H and O–H groups in total. The fourth-order valence-electron chi connectivity index (χ4n) is 2.24. The second-order valence-electron chi connectivity index (χ2n) is 4.51. The van der Waals surface area contributed by atoms with Gasteiger partial charge >= 0.3 is 0 Å². The van der Waals surface area contributed by atoms with Crippen LogP contribution in [-0.2, 0) is 0 Å². The van der Waals surface area contributed by atoms with E-state index in [1.807, 2.05) is 12.1 Å². The van der Waals surface area contributed by atoms with Gasteiger partial charge < -0.3 is 5.32 Å². The Bertz CT molecular complexity index is 329. The van der Waals surface area contributed by atoms with Crippen LogP contribution in [0, 0.1) is 12.8 Å². The van der Waals surface area contributed by atoms with Crippen LogP contribution in [0.25, 0.3) is 0 Å². The number of nitrogens with one attached hydrogen (secondary N) is 1. The molecule has 82 valence electrons. The minimum absolute atomic E-state index is 0.832. The summed E-state index contributed by atoms with van der Waals surface area (Å²) in [4.78, 5) is 0. The Labute approximate surface area is 96.8 Å². The summed E-state index contributed by atoms with van der Waals surface area (Å²) >= 11 is 6.12. The second kappa shape index (κ2) is 4.89. The summed E-state index contributed by atoms with van der Waals surface area (Å²) in [6, 6.07) is 6.13. The van der Waals surface area contributed by atoms with Crippen molar-refractivity contribution >= 4 is 17.3 Å². The molecular weight excluding hydrogens is 206 g/mol. The molecule has 0 unspecified atom stereocenters. The van der Waals surface area contributed by atoms with Gasteiger partial charge in [-0.2, -0.15) is 0 Å². The van der Waals surface area contributed by atoms with Gasteiger partial charge in [0.15, 0.2) is 0 Å². The van der Waals surface area contributed by atoms with Crippen LogP contribution in [0.2, 0.25) is 5.02 Å². The molecule has 1 nitrogen and oxygen atoms in total. The normalized spacial score (nSPS) is 16.9. The second-order valence-corrected chi connectivity index (χ2v) is 4.92. The molecule has 1 aromatic rings. The maximum absolute atomic E-state index is 6.12. The van der Waals surface area contributed by atoms with Crippen molar-refractivity contribution in [3.05, 3.63) is 28.8 Å². The van der Waals surface area contributed by atoms with Gasteiger partial charge in [-0.25, -0.2) is 0 Å². The summed E-state index contributed by atoms with van der Waals surface area (Å²) in [6.07, 6.45) is 5.54. The summed E-state index contributed by atoms with van der Waals surface area (Å²) in [5, 5.41) is 4.30. The highest BCUT2D eigenvalue weighted by Crippen LogP contribution is 2.27. The smallest absolute Gasteiger partial charge is 0.0637 e. The highest BCUT2D eigenvalue weighted by molar-refractivity contribution is 6.33. The van der Waals surface area contributed by atoms with Crippen molar-refractivity contribution < 1.29 is 0 Å². The molecule has 15 heavy (non-hydrogen) atoms. The van der Waals surface area contributed by atoms with E-state index in [9.17, 15) is 0 Å². The van der Waals surface area contributed by atoms with E-state index in [-0.39, 0.29) is 0 Å². The molecule has 2 heteroatoms. The van der Waals surface area contributed by atoms with E-state index in [0.29, 0.717) is 0 Å². The first-order valence-corrected chi connectivity index (χ1v) is 6.13. The fraction of sp³-hybridized carbons (Fsp3) is 0.538.